The predicted molar refractivity (Wildman–Crippen MR) is 89.1 cm³/mol. The van der Waals surface area contributed by atoms with E-state index in [9.17, 15) is 14.4 Å². The number of primary amides is 1. The summed E-state index contributed by atoms with van der Waals surface area (Å²) in [4.78, 5) is 37.9. The second-order valence-corrected chi connectivity index (χ2v) is 6.74. The zero-order valence-corrected chi connectivity index (χ0v) is 13.7. The van der Waals surface area contributed by atoms with Crippen molar-refractivity contribution in [2.24, 2.45) is 5.73 Å². The summed E-state index contributed by atoms with van der Waals surface area (Å²) in [6.07, 6.45) is 6.72. The van der Waals surface area contributed by atoms with Crippen molar-refractivity contribution in [3.63, 3.8) is 0 Å². The number of carbonyl (C=O) groups is 3. The maximum Gasteiger partial charge on any atom is 0.325 e. The van der Waals surface area contributed by atoms with Crippen LogP contribution >= 0.6 is 0 Å². The molecule has 128 valence electrons. The van der Waals surface area contributed by atoms with Crippen LogP contribution in [0, 0.1) is 0 Å². The summed E-state index contributed by atoms with van der Waals surface area (Å²) < 4.78 is 0. The van der Waals surface area contributed by atoms with E-state index in [1.54, 1.807) is 24.3 Å². The molecule has 4 amide bonds. The number of imide groups is 1. The van der Waals surface area contributed by atoms with E-state index in [-0.39, 0.29) is 18.5 Å². The topological polar surface area (TPSA) is 92.5 Å². The first-order valence-corrected chi connectivity index (χ1v) is 8.55. The molecule has 1 saturated carbocycles. The highest BCUT2D eigenvalue weighted by Crippen LogP contribution is 2.32. The third kappa shape index (κ3) is 3.13. The molecular weight excluding hydrogens is 306 g/mol. The van der Waals surface area contributed by atoms with Crippen molar-refractivity contribution in [2.75, 3.05) is 0 Å². The molecule has 2 fully saturated rings. The Morgan fingerprint density at radius 2 is 1.79 bits per heavy atom. The zero-order valence-electron chi connectivity index (χ0n) is 13.7. The molecule has 0 atom stereocenters. The number of amides is 4. The molecule has 1 aromatic carbocycles. The van der Waals surface area contributed by atoms with Gasteiger partial charge in [0.15, 0.2) is 0 Å². The molecule has 1 aliphatic heterocycles. The molecule has 1 aromatic rings. The Hall–Kier alpha value is -2.37. The second-order valence-electron chi connectivity index (χ2n) is 6.74. The first-order valence-electron chi connectivity index (χ1n) is 8.55. The van der Waals surface area contributed by atoms with Gasteiger partial charge in [0.05, 0.1) is 6.54 Å². The minimum atomic E-state index is -0.737. The Labute approximate surface area is 141 Å². The van der Waals surface area contributed by atoms with Crippen LogP contribution in [0.1, 0.15) is 60.9 Å². The van der Waals surface area contributed by atoms with E-state index in [0.29, 0.717) is 18.4 Å². The number of nitrogens with zero attached hydrogens (tertiary/aromatic N) is 1. The zero-order chi connectivity index (χ0) is 17.2. The van der Waals surface area contributed by atoms with E-state index >= 15 is 0 Å². The first kappa shape index (κ1) is 16.5. The average Bonchev–Trinajstić information content (AvgIpc) is 2.76. The molecule has 3 N–H and O–H groups in total. The summed E-state index contributed by atoms with van der Waals surface area (Å²) in [5.41, 5.74) is 5.65. The number of rotatable bonds is 3. The standard InChI is InChI=1S/C18H23N3O3/c19-15(22)14-8-6-7-13(11-14)12-21-16(23)18(20-17(21)24)9-4-2-1-3-5-10-18/h6-8,11H,1-5,9-10,12H2,(H2,19,22)(H,20,24). The molecule has 0 aromatic heterocycles. The van der Waals surface area contributed by atoms with Crippen molar-refractivity contribution < 1.29 is 14.4 Å². The van der Waals surface area contributed by atoms with Crippen molar-refractivity contribution in [3.8, 4) is 0 Å². The van der Waals surface area contributed by atoms with Gasteiger partial charge < -0.3 is 11.1 Å². The number of hydrogen-bond acceptors (Lipinski definition) is 3. The Morgan fingerprint density at radius 1 is 1.12 bits per heavy atom. The van der Waals surface area contributed by atoms with Crippen LogP contribution in [0.25, 0.3) is 0 Å². The monoisotopic (exact) mass is 329 g/mol. The summed E-state index contributed by atoms with van der Waals surface area (Å²) in [7, 11) is 0. The third-order valence-electron chi connectivity index (χ3n) is 5.01. The van der Waals surface area contributed by atoms with Gasteiger partial charge in [0.1, 0.15) is 5.54 Å². The quantitative estimate of drug-likeness (QED) is 0.834. The van der Waals surface area contributed by atoms with Gasteiger partial charge >= 0.3 is 6.03 Å². The number of hydrogen-bond donors (Lipinski definition) is 2. The van der Waals surface area contributed by atoms with Gasteiger partial charge in [-0.05, 0) is 30.5 Å². The van der Waals surface area contributed by atoms with Crippen LogP contribution in [0.15, 0.2) is 24.3 Å². The van der Waals surface area contributed by atoms with E-state index in [4.69, 9.17) is 5.73 Å². The highest BCUT2D eigenvalue weighted by atomic mass is 16.2. The molecule has 0 bridgehead atoms. The van der Waals surface area contributed by atoms with Crippen LogP contribution in [0.5, 0.6) is 0 Å². The molecule has 1 heterocycles. The van der Waals surface area contributed by atoms with Crippen molar-refractivity contribution in [3.05, 3.63) is 35.4 Å². The number of urea groups is 1. The van der Waals surface area contributed by atoms with Crippen LogP contribution in [0.4, 0.5) is 4.79 Å². The lowest BCUT2D eigenvalue weighted by Crippen LogP contribution is -2.47. The van der Waals surface area contributed by atoms with E-state index < -0.39 is 11.4 Å². The molecule has 1 aliphatic carbocycles. The molecule has 6 nitrogen and oxygen atoms in total. The molecule has 0 unspecified atom stereocenters. The Bertz CT molecular complexity index is 663. The fraction of sp³-hybridized carbons (Fsp3) is 0.500. The summed E-state index contributed by atoms with van der Waals surface area (Å²) in [6, 6.07) is 6.40. The molecule has 3 rings (SSSR count). The van der Waals surface area contributed by atoms with Gasteiger partial charge in [0.25, 0.3) is 5.91 Å². The van der Waals surface area contributed by atoms with E-state index in [0.717, 1.165) is 31.2 Å². The first-order chi connectivity index (χ1) is 11.5. The lowest BCUT2D eigenvalue weighted by atomic mass is 9.84. The van der Waals surface area contributed by atoms with E-state index in [2.05, 4.69) is 5.32 Å². The molecule has 1 spiro atoms. The third-order valence-corrected chi connectivity index (χ3v) is 5.01. The van der Waals surface area contributed by atoms with Gasteiger partial charge in [0.2, 0.25) is 5.91 Å². The average molecular weight is 329 g/mol. The molecule has 2 aliphatic rings. The van der Waals surface area contributed by atoms with Gasteiger partial charge in [0, 0.05) is 5.56 Å². The van der Waals surface area contributed by atoms with Crippen molar-refractivity contribution in [2.45, 2.75) is 57.0 Å². The Morgan fingerprint density at radius 3 is 2.46 bits per heavy atom. The van der Waals surface area contributed by atoms with Crippen molar-refractivity contribution in [1.29, 1.82) is 0 Å². The highest BCUT2D eigenvalue weighted by Gasteiger charge is 2.50. The molecule has 24 heavy (non-hydrogen) atoms. The summed E-state index contributed by atoms with van der Waals surface area (Å²) in [5.74, 6) is -0.663. The Balaban J connectivity index is 1.79. The second kappa shape index (κ2) is 6.63. The summed E-state index contributed by atoms with van der Waals surface area (Å²) in [6.45, 7) is 0.160. The SMILES string of the molecule is NC(=O)c1cccc(CN2C(=O)NC3(CCCCCCC3)C2=O)c1. The van der Waals surface area contributed by atoms with Crippen LogP contribution < -0.4 is 11.1 Å². The van der Waals surface area contributed by atoms with Gasteiger partial charge in [-0.15, -0.1) is 0 Å². The number of carbonyl (C=O) groups excluding carboxylic acids is 3. The summed E-state index contributed by atoms with van der Waals surface area (Å²) >= 11 is 0. The fourth-order valence-corrected chi connectivity index (χ4v) is 3.67. The number of nitrogens with two attached hydrogens (primary N) is 1. The van der Waals surface area contributed by atoms with Gasteiger partial charge in [-0.25, -0.2) is 4.79 Å². The smallest absolute Gasteiger partial charge is 0.325 e. The van der Waals surface area contributed by atoms with Crippen molar-refractivity contribution >= 4 is 17.8 Å². The molecular formula is C18H23N3O3. The molecule has 0 radical (unpaired) electrons. The van der Waals surface area contributed by atoms with Crippen LogP contribution in [-0.2, 0) is 11.3 Å². The highest BCUT2D eigenvalue weighted by molar-refractivity contribution is 6.07. The normalized spacial score (nSPS) is 20.6. The molecule has 1 saturated heterocycles. The number of nitrogens with one attached hydrogen (secondary N) is 1. The maximum atomic E-state index is 12.9. The Kier molecular flexibility index (Phi) is 4.55. The van der Waals surface area contributed by atoms with Gasteiger partial charge in [-0.2, -0.15) is 0 Å². The van der Waals surface area contributed by atoms with E-state index in [1.165, 1.54) is 11.3 Å². The number of benzene rings is 1. The maximum absolute atomic E-state index is 12.9. The fourth-order valence-electron chi connectivity index (χ4n) is 3.67. The van der Waals surface area contributed by atoms with Crippen LogP contribution in [0.3, 0.4) is 0 Å². The minimum Gasteiger partial charge on any atom is -0.366 e. The largest absolute Gasteiger partial charge is 0.366 e. The lowest BCUT2D eigenvalue weighted by molar-refractivity contribution is -0.132. The van der Waals surface area contributed by atoms with Gasteiger partial charge in [-0.1, -0.05) is 44.2 Å². The predicted octanol–water partition coefficient (Wildman–Crippen LogP) is 2.32. The van der Waals surface area contributed by atoms with Crippen LogP contribution in [0.2, 0.25) is 0 Å². The molecule has 6 heteroatoms. The van der Waals surface area contributed by atoms with Crippen LogP contribution in [-0.4, -0.2) is 28.3 Å². The summed E-state index contributed by atoms with van der Waals surface area (Å²) in [5, 5.41) is 2.94. The van der Waals surface area contributed by atoms with Gasteiger partial charge in [-0.3, -0.25) is 14.5 Å². The minimum absolute atomic E-state index is 0.140. The van der Waals surface area contributed by atoms with E-state index in [1.807, 2.05) is 0 Å². The lowest BCUT2D eigenvalue weighted by Gasteiger charge is -2.28. The van der Waals surface area contributed by atoms with Crippen molar-refractivity contribution in [1.82, 2.24) is 10.2 Å².